The van der Waals surface area contributed by atoms with Crippen molar-refractivity contribution >= 4 is 5.97 Å². The maximum Gasteiger partial charge on any atom is 0.354 e. The number of carbonyl (C=O) groups is 1. The molecule has 0 atom stereocenters. The van der Waals surface area contributed by atoms with Crippen molar-refractivity contribution in [2.45, 2.75) is 12.1 Å². The summed E-state index contributed by atoms with van der Waals surface area (Å²) >= 11 is 0. The first-order valence-electron chi connectivity index (χ1n) is 5.44. The largest absolute Gasteiger partial charge is 0.464 e. The Hall–Kier alpha value is -1.41. The molecule has 5 N–H and O–H groups in total. The van der Waals surface area contributed by atoms with Crippen LogP contribution >= 0.6 is 0 Å². The Balaban J connectivity index is 2.63. The number of methoxy groups -OCH3 is 1. The molecule has 0 fully saturated rings. The average Bonchev–Trinajstić information content (AvgIpc) is 2.89. The summed E-state index contributed by atoms with van der Waals surface area (Å²) in [6, 6.07) is 3.25. The van der Waals surface area contributed by atoms with Gasteiger partial charge in [-0.15, -0.1) is 0 Å². The zero-order chi connectivity index (χ0) is 13.6. The van der Waals surface area contributed by atoms with Gasteiger partial charge >= 0.3 is 5.97 Å². The summed E-state index contributed by atoms with van der Waals surface area (Å²) in [6.45, 7) is -0.932. The van der Waals surface area contributed by atoms with Crippen molar-refractivity contribution in [3.05, 3.63) is 23.5 Å². The Labute approximate surface area is 104 Å². The standard InChI is InChI=1S/C11H18N2O5/c1-18-10(17)9-3-2-8(13-9)4-12-11(5-14,6-15)7-16/h2-3,12-16H,4-7H2,1H3. The van der Waals surface area contributed by atoms with E-state index in [2.05, 4.69) is 15.0 Å². The highest BCUT2D eigenvalue weighted by Crippen LogP contribution is 2.07. The average molecular weight is 258 g/mol. The van der Waals surface area contributed by atoms with Crippen LogP contribution in [0.1, 0.15) is 16.2 Å². The zero-order valence-corrected chi connectivity index (χ0v) is 10.1. The molecular formula is C11H18N2O5. The fourth-order valence-corrected chi connectivity index (χ4v) is 1.37. The van der Waals surface area contributed by atoms with Gasteiger partial charge in [0.1, 0.15) is 5.69 Å². The number of esters is 1. The van der Waals surface area contributed by atoms with Crippen molar-refractivity contribution in [1.29, 1.82) is 0 Å². The van der Waals surface area contributed by atoms with Gasteiger partial charge in [0.25, 0.3) is 0 Å². The van der Waals surface area contributed by atoms with Crippen LogP contribution < -0.4 is 5.32 Å². The van der Waals surface area contributed by atoms with Crippen molar-refractivity contribution in [2.75, 3.05) is 26.9 Å². The molecule has 1 heterocycles. The number of hydrogen-bond donors (Lipinski definition) is 5. The Morgan fingerprint density at radius 2 is 1.94 bits per heavy atom. The van der Waals surface area contributed by atoms with Gasteiger partial charge < -0.3 is 25.0 Å². The number of carbonyl (C=O) groups excluding carboxylic acids is 1. The molecule has 1 rings (SSSR count). The van der Waals surface area contributed by atoms with Crippen molar-refractivity contribution in [1.82, 2.24) is 10.3 Å². The number of aromatic amines is 1. The minimum Gasteiger partial charge on any atom is -0.464 e. The van der Waals surface area contributed by atoms with E-state index in [9.17, 15) is 4.79 Å². The lowest BCUT2D eigenvalue weighted by atomic mass is 10.0. The quantitative estimate of drug-likeness (QED) is 0.385. The second kappa shape index (κ2) is 6.50. The van der Waals surface area contributed by atoms with E-state index in [1.54, 1.807) is 12.1 Å². The molecule has 0 aliphatic carbocycles. The van der Waals surface area contributed by atoms with E-state index < -0.39 is 31.3 Å². The number of nitrogens with one attached hydrogen (secondary N) is 2. The van der Waals surface area contributed by atoms with Gasteiger partial charge in [-0.1, -0.05) is 0 Å². The lowest BCUT2D eigenvalue weighted by Crippen LogP contribution is -2.54. The maximum atomic E-state index is 11.2. The van der Waals surface area contributed by atoms with Gasteiger partial charge in [-0.3, -0.25) is 5.32 Å². The Morgan fingerprint density at radius 1 is 1.33 bits per heavy atom. The van der Waals surface area contributed by atoms with Crippen LogP contribution in [0, 0.1) is 0 Å². The van der Waals surface area contributed by atoms with Crippen LogP contribution in [0.3, 0.4) is 0 Å². The lowest BCUT2D eigenvalue weighted by molar-refractivity contribution is 0.0411. The van der Waals surface area contributed by atoms with E-state index in [4.69, 9.17) is 15.3 Å². The molecule has 0 saturated carbocycles. The predicted octanol–water partition coefficient (Wildman–Crippen LogP) is -1.39. The van der Waals surface area contributed by atoms with Crippen LogP contribution in [0.25, 0.3) is 0 Å². The molecule has 18 heavy (non-hydrogen) atoms. The summed E-state index contributed by atoms with van der Waals surface area (Å²) in [5.74, 6) is -0.473. The Bertz CT molecular complexity index is 378. The molecule has 0 amide bonds. The molecule has 0 aromatic carbocycles. The van der Waals surface area contributed by atoms with Gasteiger partial charge in [-0.2, -0.15) is 0 Å². The lowest BCUT2D eigenvalue weighted by Gasteiger charge is -2.28. The molecule has 7 nitrogen and oxygen atoms in total. The number of aliphatic hydroxyl groups excluding tert-OH is 3. The molecule has 0 aliphatic rings. The molecule has 1 aromatic heterocycles. The normalized spacial score (nSPS) is 11.6. The molecule has 1 aromatic rings. The van der Waals surface area contributed by atoms with Crippen molar-refractivity contribution in [3.8, 4) is 0 Å². The molecule has 0 aliphatic heterocycles. The fraction of sp³-hybridized carbons (Fsp3) is 0.545. The Morgan fingerprint density at radius 3 is 2.44 bits per heavy atom. The van der Waals surface area contributed by atoms with E-state index in [-0.39, 0.29) is 6.54 Å². The molecule has 0 bridgehead atoms. The SMILES string of the molecule is COC(=O)c1ccc(CNC(CO)(CO)CO)[nH]1. The zero-order valence-electron chi connectivity index (χ0n) is 10.1. The minimum atomic E-state index is -1.14. The molecule has 0 saturated heterocycles. The van der Waals surface area contributed by atoms with Crippen LogP contribution in [0.4, 0.5) is 0 Å². The highest BCUT2D eigenvalue weighted by atomic mass is 16.5. The number of aromatic nitrogens is 1. The smallest absolute Gasteiger partial charge is 0.354 e. The van der Waals surface area contributed by atoms with Gasteiger partial charge in [0, 0.05) is 12.2 Å². The van der Waals surface area contributed by atoms with E-state index in [0.717, 1.165) is 0 Å². The second-order valence-electron chi connectivity index (χ2n) is 4.00. The molecule has 102 valence electrons. The van der Waals surface area contributed by atoms with E-state index in [1.807, 2.05) is 0 Å². The summed E-state index contributed by atoms with van der Waals surface area (Å²) in [6.07, 6.45) is 0. The van der Waals surface area contributed by atoms with Crippen LogP contribution in [-0.2, 0) is 11.3 Å². The van der Waals surface area contributed by atoms with Crippen LogP contribution in [0.15, 0.2) is 12.1 Å². The predicted molar refractivity (Wildman–Crippen MR) is 63.0 cm³/mol. The van der Waals surface area contributed by atoms with Crippen LogP contribution in [0.2, 0.25) is 0 Å². The summed E-state index contributed by atoms with van der Waals surface area (Å²) < 4.78 is 4.55. The highest BCUT2D eigenvalue weighted by molar-refractivity contribution is 5.87. The first kappa shape index (κ1) is 14.7. The van der Waals surface area contributed by atoms with E-state index >= 15 is 0 Å². The second-order valence-corrected chi connectivity index (χ2v) is 4.00. The number of hydrogen-bond acceptors (Lipinski definition) is 6. The summed E-state index contributed by atoms with van der Waals surface area (Å²) in [5.41, 5.74) is -0.150. The van der Waals surface area contributed by atoms with Crippen molar-refractivity contribution < 1.29 is 24.9 Å². The third kappa shape index (κ3) is 3.30. The molecule has 0 spiro atoms. The molecule has 0 radical (unpaired) electrons. The van der Waals surface area contributed by atoms with Gasteiger partial charge in [0.15, 0.2) is 0 Å². The topological polar surface area (TPSA) is 115 Å². The van der Waals surface area contributed by atoms with Crippen molar-refractivity contribution in [3.63, 3.8) is 0 Å². The highest BCUT2D eigenvalue weighted by Gasteiger charge is 2.27. The fourth-order valence-electron chi connectivity index (χ4n) is 1.37. The summed E-state index contributed by atoms with van der Waals surface area (Å²) in [4.78, 5) is 14.0. The summed E-state index contributed by atoms with van der Waals surface area (Å²) in [7, 11) is 1.29. The number of rotatable bonds is 7. The molecule has 0 unspecified atom stereocenters. The molecular weight excluding hydrogens is 240 g/mol. The maximum absolute atomic E-state index is 11.2. The van der Waals surface area contributed by atoms with Gasteiger partial charge in [0.05, 0.1) is 32.5 Å². The number of ether oxygens (including phenoxy) is 1. The van der Waals surface area contributed by atoms with Gasteiger partial charge in [-0.05, 0) is 12.1 Å². The Kier molecular flexibility index (Phi) is 5.29. The first-order valence-corrected chi connectivity index (χ1v) is 5.44. The van der Waals surface area contributed by atoms with E-state index in [0.29, 0.717) is 11.4 Å². The number of H-pyrrole nitrogens is 1. The van der Waals surface area contributed by atoms with Crippen molar-refractivity contribution in [2.24, 2.45) is 0 Å². The summed E-state index contributed by atoms with van der Waals surface area (Å²) in [5, 5.41) is 30.2. The third-order valence-corrected chi connectivity index (χ3v) is 2.71. The van der Waals surface area contributed by atoms with Crippen LogP contribution in [0.5, 0.6) is 0 Å². The first-order chi connectivity index (χ1) is 8.60. The van der Waals surface area contributed by atoms with Gasteiger partial charge in [-0.25, -0.2) is 4.79 Å². The number of aliphatic hydroxyl groups is 3. The minimum absolute atomic E-state index is 0.263. The van der Waals surface area contributed by atoms with E-state index in [1.165, 1.54) is 7.11 Å². The van der Waals surface area contributed by atoms with Crippen LogP contribution in [-0.4, -0.2) is 58.7 Å². The third-order valence-electron chi connectivity index (χ3n) is 2.71. The monoisotopic (exact) mass is 258 g/mol. The molecule has 7 heteroatoms. The van der Waals surface area contributed by atoms with Gasteiger partial charge in [0.2, 0.25) is 0 Å².